The molecule has 0 spiro atoms. The van der Waals surface area contributed by atoms with Crippen molar-refractivity contribution in [1.29, 1.82) is 0 Å². The number of hydrogen-bond donors (Lipinski definition) is 0. The number of ether oxygens (including phenoxy) is 4. The van der Waals surface area contributed by atoms with E-state index in [1.54, 1.807) is 30.3 Å². The minimum absolute atomic E-state index is 0.0466. The van der Waals surface area contributed by atoms with E-state index in [2.05, 4.69) is 4.18 Å². The van der Waals surface area contributed by atoms with E-state index >= 15 is 0 Å². The summed E-state index contributed by atoms with van der Waals surface area (Å²) in [4.78, 5) is 38.0. The van der Waals surface area contributed by atoms with Crippen LogP contribution in [0.1, 0.15) is 31.1 Å². The molecular formula is C27H21F3O10S. The first-order chi connectivity index (χ1) is 19.5. The average molecular weight is 595 g/mol. The number of alkyl halides is 3. The summed E-state index contributed by atoms with van der Waals surface area (Å²) in [7, 11) is -6.32. The van der Waals surface area contributed by atoms with Crippen LogP contribution in [0, 0.1) is 0 Å². The van der Waals surface area contributed by atoms with Crippen LogP contribution in [0.25, 0.3) is 0 Å². The first kappa shape index (κ1) is 29.7. The minimum atomic E-state index is -6.32. The predicted octanol–water partition coefficient (Wildman–Crippen LogP) is 3.89. The lowest BCUT2D eigenvalue weighted by molar-refractivity contribution is -0.138. The third-order valence-electron chi connectivity index (χ3n) is 5.66. The number of hydrogen-bond acceptors (Lipinski definition) is 10. The lowest BCUT2D eigenvalue weighted by atomic mass is 10.1. The minimum Gasteiger partial charge on any atom is -0.459 e. The lowest BCUT2D eigenvalue weighted by Crippen LogP contribution is -2.44. The van der Waals surface area contributed by atoms with Crippen molar-refractivity contribution in [2.45, 2.75) is 30.1 Å². The van der Waals surface area contributed by atoms with Gasteiger partial charge in [0.05, 0.1) is 16.7 Å². The highest BCUT2D eigenvalue weighted by molar-refractivity contribution is 7.87. The standard InChI is InChI=1S/C27H21F3O10S/c28-27(29,30)41(34,35)40-22-21(38-24(32)18-12-6-2-7-13-18)20(16-36-23(31)17-10-4-1-5-11-17)37-26(22)39-25(33)19-14-8-3-9-15-19/h1-15,20-22,26H,16H2/t20-,21-,22+,26+/m1/s1. The molecule has 0 saturated carbocycles. The second-order valence-electron chi connectivity index (χ2n) is 8.48. The fourth-order valence-corrected chi connectivity index (χ4v) is 4.30. The van der Waals surface area contributed by atoms with Crippen molar-refractivity contribution >= 4 is 28.0 Å². The number of benzene rings is 3. The maximum absolute atomic E-state index is 13.3. The molecule has 0 bridgehead atoms. The Kier molecular flexibility index (Phi) is 9.05. The molecule has 4 rings (SSSR count). The molecule has 3 aromatic carbocycles. The molecule has 0 aromatic heterocycles. The van der Waals surface area contributed by atoms with Gasteiger partial charge in [0.15, 0.2) is 12.2 Å². The highest BCUT2D eigenvalue weighted by atomic mass is 32.2. The van der Waals surface area contributed by atoms with E-state index in [9.17, 15) is 36.0 Å². The molecule has 1 fully saturated rings. The fraction of sp³-hybridized carbons (Fsp3) is 0.222. The zero-order valence-electron chi connectivity index (χ0n) is 20.8. The summed E-state index contributed by atoms with van der Waals surface area (Å²) in [5, 5.41) is 0. The molecular weight excluding hydrogens is 573 g/mol. The Morgan fingerprint density at radius 3 is 1.59 bits per heavy atom. The van der Waals surface area contributed by atoms with E-state index in [0.29, 0.717) is 0 Å². The maximum Gasteiger partial charge on any atom is 0.523 e. The predicted molar refractivity (Wildman–Crippen MR) is 133 cm³/mol. The Morgan fingerprint density at radius 2 is 1.12 bits per heavy atom. The van der Waals surface area contributed by atoms with Crippen LogP contribution in [0.5, 0.6) is 0 Å². The quantitative estimate of drug-likeness (QED) is 0.156. The molecule has 41 heavy (non-hydrogen) atoms. The van der Waals surface area contributed by atoms with Gasteiger partial charge in [0.1, 0.15) is 12.7 Å². The molecule has 216 valence electrons. The van der Waals surface area contributed by atoms with E-state index in [-0.39, 0.29) is 16.7 Å². The van der Waals surface area contributed by atoms with Gasteiger partial charge < -0.3 is 18.9 Å². The van der Waals surface area contributed by atoms with Crippen molar-refractivity contribution in [3.8, 4) is 0 Å². The Bertz CT molecular complexity index is 1470. The van der Waals surface area contributed by atoms with Gasteiger partial charge in [-0.3, -0.25) is 0 Å². The van der Waals surface area contributed by atoms with Crippen molar-refractivity contribution in [1.82, 2.24) is 0 Å². The van der Waals surface area contributed by atoms with Gasteiger partial charge in [0.2, 0.25) is 6.29 Å². The molecule has 0 radical (unpaired) electrons. The number of halogens is 3. The van der Waals surface area contributed by atoms with Crippen molar-refractivity contribution < 1.29 is 59.1 Å². The average Bonchev–Trinajstić information content (AvgIpc) is 3.26. The van der Waals surface area contributed by atoms with Crippen LogP contribution in [-0.4, -0.2) is 63.0 Å². The Balaban J connectivity index is 1.66. The molecule has 14 heteroatoms. The molecule has 0 aliphatic carbocycles. The van der Waals surface area contributed by atoms with E-state index in [1.165, 1.54) is 60.7 Å². The molecule has 0 amide bonds. The molecule has 1 aliphatic rings. The van der Waals surface area contributed by atoms with Crippen LogP contribution < -0.4 is 0 Å². The smallest absolute Gasteiger partial charge is 0.459 e. The SMILES string of the molecule is O=C(OC[C@H]1O[C@@H](OC(=O)c2ccccc2)[C@@H](OS(=O)(=O)C(F)(F)F)[C@@H]1OC(=O)c1ccccc1)c1ccccc1. The van der Waals surface area contributed by atoms with E-state index in [1.807, 2.05) is 0 Å². The van der Waals surface area contributed by atoms with E-state index in [4.69, 9.17) is 18.9 Å². The van der Waals surface area contributed by atoms with Gasteiger partial charge in [-0.15, -0.1) is 0 Å². The molecule has 3 aromatic rings. The van der Waals surface area contributed by atoms with E-state index < -0.39 is 64.7 Å². The largest absolute Gasteiger partial charge is 0.523 e. The van der Waals surface area contributed by atoms with Crippen LogP contribution in [0.3, 0.4) is 0 Å². The van der Waals surface area contributed by atoms with Gasteiger partial charge in [-0.25, -0.2) is 18.6 Å². The van der Waals surface area contributed by atoms with Crippen LogP contribution >= 0.6 is 0 Å². The first-order valence-electron chi connectivity index (χ1n) is 11.9. The molecule has 1 aliphatic heterocycles. The number of rotatable bonds is 9. The summed E-state index contributed by atoms with van der Waals surface area (Å²) in [6.07, 6.45) is -8.02. The number of esters is 3. The van der Waals surface area contributed by atoms with Crippen LogP contribution in [-0.2, 0) is 33.2 Å². The Labute approximate surface area is 231 Å². The third kappa shape index (κ3) is 7.28. The summed E-state index contributed by atoms with van der Waals surface area (Å²) in [6.45, 7) is -0.744. The van der Waals surface area contributed by atoms with Crippen LogP contribution in [0.4, 0.5) is 13.2 Å². The van der Waals surface area contributed by atoms with E-state index in [0.717, 1.165) is 0 Å². The summed E-state index contributed by atoms with van der Waals surface area (Å²) < 4.78 is 89.5. The third-order valence-corrected chi connectivity index (χ3v) is 6.70. The lowest BCUT2D eigenvalue weighted by Gasteiger charge is -2.24. The highest BCUT2D eigenvalue weighted by Gasteiger charge is 2.57. The van der Waals surface area contributed by atoms with Gasteiger partial charge in [0, 0.05) is 0 Å². The summed E-state index contributed by atoms with van der Waals surface area (Å²) in [5.74, 6) is -3.07. The van der Waals surface area contributed by atoms with Crippen molar-refractivity contribution in [3.63, 3.8) is 0 Å². The van der Waals surface area contributed by atoms with Gasteiger partial charge in [-0.1, -0.05) is 54.6 Å². The zero-order chi connectivity index (χ0) is 29.6. The number of carbonyl (C=O) groups excluding carboxylic acids is 3. The van der Waals surface area contributed by atoms with Crippen molar-refractivity contribution in [2.75, 3.05) is 6.61 Å². The topological polar surface area (TPSA) is 132 Å². The highest BCUT2D eigenvalue weighted by Crippen LogP contribution is 2.34. The van der Waals surface area contributed by atoms with Gasteiger partial charge in [0.25, 0.3) is 0 Å². The van der Waals surface area contributed by atoms with Crippen molar-refractivity contribution in [2.24, 2.45) is 0 Å². The fourth-order valence-electron chi connectivity index (χ4n) is 3.70. The molecule has 0 unspecified atom stereocenters. The Morgan fingerprint density at radius 1 is 0.683 bits per heavy atom. The zero-order valence-corrected chi connectivity index (χ0v) is 21.6. The van der Waals surface area contributed by atoms with Crippen LogP contribution in [0.2, 0.25) is 0 Å². The second-order valence-corrected chi connectivity index (χ2v) is 10.0. The summed E-state index contributed by atoms with van der Waals surface area (Å²) >= 11 is 0. The van der Waals surface area contributed by atoms with Crippen LogP contribution in [0.15, 0.2) is 91.0 Å². The van der Waals surface area contributed by atoms with Crippen molar-refractivity contribution in [3.05, 3.63) is 108 Å². The molecule has 1 saturated heterocycles. The first-order valence-corrected chi connectivity index (χ1v) is 13.3. The molecule has 0 N–H and O–H groups in total. The monoisotopic (exact) mass is 594 g/mol. The molecule has 1 heterocycles. The number of carbonyl (C=O) groups is 3. The second kappa shape index (κ2) is 12.5. The Hall–Kier alpha value is -4.27. The van der Waals surface area contributed by atoms with Gasteiger partial charge in [-0.2, -0.15) is 21.6 Å². The van der Waals surface area contributed by atoms with Gasteiger partial charge in [-0.05, 0) is 36.4 Å². The molecule has 4 atom stereocenters. The maximum atomic E-state index is 13.3. The normalized spacial score (nSPS) is 20.7. The summed E-state index contributed by atoms with van der Waals surface area (Å²) in [6, 6.07) is 22.0. The van der Waals surface area contributed by atoms with Gasteiger partial charge >= 0.3 is 33.5 Å². The molecule has 10 nitrogen and oxygen atoms in total. The summed E-state index contributed by atoms with van der Waals surface area (Å²) in [5.41, 5.74) is -5.87.